The van der Waals surface area contributed by atoms with Gasteiger partial charge in [-0.15, -0.1) is 0 Å². The molecule has 0 saturated heterocycles. The number of para-hydroxylation sites is 1. The number of hydrogen-bond acceptors (Lipinski definition) is 1. The highest BCUT2D eigenvalue weighted by Gasteiger charge is 2.37. The molecule has 0 spiro atoms. The molecule has 2 aromatic carbocycles. The summed E-state index contributed by atoms with van der Waals surface area (Å²) < 4.78 is 13.3. The van der Waals surface area contributed by atoms with Crippen LogP contribution in [-0.4, -0.2) is 6.03 Å². The Morgan fingerprint density at radius 1 is 1.12 bits per heavy atom. The van der Waals surface area contributed by atoms with Crippen molar-refractivity contribution in [3.63, 3.8) is 0 Å². The van der Waals surface area contributed by atoms with Crippen molar-refractivity contribution < 1.29 is 9.18 Å². The molecule has 2 aromatic rings. The number of rotatable bonds is 4. The second kappa shape index (κ2) is 7.26. The Kier molecular flexibility index (Phi) is 5.07. The zero-order valence-electron chi connectivity index (χ0n) is 14.9. The number of amides is 2. The molecule has 3 rings (SSSR count). The maximum Gasteiger partial charge on any atom is 0.319 e. The van der Waals surface area contributed by atoms with E-state index < -0.39 is 5.54 Å². The van der Waals surface area contributed by atoms with E-state index in [2.05, 4.69) is 17.6 Å². The molecule has 4 heteroatoms. The van der Waals surface area contributed by atoms with Crippen molar-refractivity contribution in [1.82, 2.24) is 5.32 Å². The highest BCUT2D eigenvalue weighted by Crippen LogP contribution is 2.39. The van der Waals surface area contributed by atoms with Gasteiger partial charge in [-0.25, -0.2) is 9.18 Å². The molecule has 0 bridgehead atoms. The van der Waals surface area contributed by atoms with E-state index in [4.69, 9.17) is 0 Å². The van der Waals surface area contributed by atoms with E-state index in [-0.39, 0.29) is 11.8 Å². The summed E-state index contributed by atoms with van der Waals surface area (Å²) in [6.45, 7) is 4.08. The molecule has 1 aliphatic carbocycles. The molecule has 2 amide bonds. The number of carbonyl (C=O) groups is 1. The third-order valence-corrected chi connectivity index (χ3v) is 5.19. The standard InChI is InChI=1S/C21H25FN2O/c1-3-16-8-6-7-15(2)19(16)23-20(25)24-21(13-4-5-14-21)17-9-11-18(22)12-10-17/h6-12H,3-5,13-14H2,1-2H3,(H2,23,24,25). The van der Waals surface area contributed by atoms with E-state index in [1.165, 1.54) is 12.1 Å². The molecule has 0 aromatic heterocycles. The van der Waals surface area contributed by atoms with Crippen molar-refractivity contribution in [2.45, 2.75) is 51.5 Å². The summed E-state index contributed by atoms with van der Waals surface area (Å²) in [5.74, 6) is -0.256. The van der Waals surface area contributed by atoms with Crippen molar-refractivity contribution in [2.75, 3.05) is 5.32 Å². The van der Waals surface area contributed by atoms with Gasteiger partial charge in [0.2, 0.25) is 0 Å². The van der Waals surface area contributed by atoms with Gasteiger partial charge in [-0.1, -0.05) is 50.1 Å². The Hall–Kier alpha value is -2.36. The second-order valence-corrected chi connectivity index (χ2v) is 6.84. The van der Waals surface area contributed by atoms with E-state index >= 15 is 0 Å². The average molecular weight is 340 g/mol. The van der Waals surface area contributed by atoms with Crippen LogP contribution >= 0.6 is 0 Å². The number of aryl methyl sites for hydroxylation is 2. The third kappa shape index (κ3) is 3.68. The minimum Gasteiger partial charge on any atom is -0.328 e. The summed E-state index contributed by atoms with van der Waals surface area (Å²) in [6.07, 6.45) is 4.73. The highest BCUT2D eigenvalue weighted by molar-refractivity contribution is 5.91. The fourth-order valence-corrected chi connectivity index (χ4v) is 3.80. The molecule has 25 heavy (non-hydrogen) atoms. The minimum absolute atomic E-state index is 0.199. The van der Waals surface area contributed by atoms with Gasteiger partial charge in [0.05, 0.1) is 5.54 Å². The smallest absolute Gasteiger partial charge is 0.319 e. The molecule has 0 heterocycles. The molecule has 1 fully saturated rings. The van der Waals surface area contributed by atoms with Crippen LogP contribution in [0.15, 0.2) is 42.5 Å². The van der Waals surface area contributed by atoms with Crippen molar-refractivity contribution >= 4 is 11.7 Å². The van der Waals surface area contributed by atoms with Crippen molar-refractivity contribution in [3.8, 4) is 0 Å². The molecule has 1 saturated carbocycles. The number of nitrogens with one attached hydrogen (secondary N) is 2. The third-order valence-electron chi connectivity index (χ3n) is 5.19. The predicted molar refractivity (Wildman–Crippen MR) is 99.3 cm³/mol. The van der Waals surface area contributed by atoms with Crippen molar-refractivity contribution in [1.29, 1.82) is 0 Å². The van der Waals surface area contributed by atoms with Crippen molar-refractivity contribution in [3.05, 3.63) is 65.0 Å². The predicted octanol–water partition coefficient (Wildman–Crippen LogP) is 5.29. The zero-order valence-corrected chi connectivity index (χ0v) is 14.9. The molecule has 3 nitrogen and oxygen atoms in total. The number of hydrogen-bond donors (Lipinski definition) is 2. The summed E-state index contributed by atoms with van der Waals surface area (Å²) in [6, 6.07) is 12.3. The van der Waals surface area contributed by atoms with Crippen molar-refractivity contribution in [2.24, 2.45) is 0 Å². The summed E-state index contributed by atoms with van der Waals surface area (Å²) in [5.41, 5.74) is 3.62. The highest BCUT2D eigenvalue weighted by atomic mass is 19.1. The molecule has 2 N–H and O–H groups in total. The molecule has 0 radical (unpaired) electrons. The van der Waals surface area contributed by atoms with E-state index in [9.17, 15) is 9.18 Å². The van der Waals surface area contributed by atoms with Gasteiger partial charge >= 0.3 is 6.03 Å². The van der Waals surface area contributed by atoms with E-state index in [0.29, 0.717) is 0 Å². The Labute approximate surface area is 148 Å². The van der Waals surface area contributed by atoms with Gasteiger partial charge in [0, 0.05) is 5.69 Å². The van der Waals surface area contributed by atoms with Gasteiger partial charge in [0.15, 0.2) is 0 Å². The van der Waals surface area contributed by atoms with Crippen LogP contribution in [0.25, 0.3) is 0 Å². The van der Waals surface area contributed by atoms with Crippen LogP contribution in [0.1, 0.15) is 49.3 Å². The topological polar surface area (TPSA) is 41.1 Å². The fourth-order valence-electron chi connectivity index (χ4n) is 3.80. The Morgan fingerprint density at radius 2 is 1.80 bits per heavy atom. The summed E-state index contributed by atoms with van der Waals surface area (Å²) in [7, 11) is 0. The molecule has 0 atom stereocenters. The van der Waals surface area contributed by atoms with Gasteiger partial charge < -0.3 is 10.6 Å². The van der Waals surface area contributed by atoms with Gasteiger partial charge in [-0.3, -0.25) is 0 Å². The van der Waals surface area contributed by atoms with Crippen LogP contribution in [0.5, 0.6) is 0 Å². The number of halogens is 1. The number of anilines is 1. The van der Waals surface area contributed by atoms with Crippen LogP contribution in [0.3, 0.4) is 0 Å². The summed E-state index contributed by atoms with van der Waals surface area (Å²) >= 11 is 0. The lowest BCUT2D eigenvalue weighted by molar-refractivity contribution is 0.236. The van der Waals surface area contributed by atoms with Gasteiger partial charge in [-0.05, 0) is 55.0 Å². The van der Waals surface area contributed by atoms with Crippen LogP contribution in [-0.2, 0) is 12.0 Å². The molecule has 0 aliphatic heterocycles. The van der Waals surface area contributed by atoms with E-state index in [1.807, 2.05) is 25.1 Å². The Balaban J connectivity index is 1.82. The number of urea groups is 1. The lowest BCUT2D eigenvalue weighted by Gasteiger charge is -2.31. The van der Waals surface area contributed by atoms with Crippen LogP contribution in [0, 0.1) is 12.7 Å². The molecular formula is C21H25FN2O. The lowest BCUT2D eigenvalue weighted by Crippen LogP contribution is -2.46. The monoisotopic (exact) mass is 340 g/mol. The molecular weight excluding hydrogens is 315 g/mol. The molecule has 132 valence electrons. The first kappa shape index (κ1) is 17.5. The summed E-state index contributed by atoms with van der Waals surface area (Å²) in [4.78, 5) is 12.7. The maximum absolute atomic E-state index is 13.3. The molecule has 0 unspecified atom stereocenters. The zero-order chi connectivity index (χ0) is 17.9. The SMILES string of the molecule is CCc1cccc(C)c1NC(=O)NC1(c2ccc(F)cc2)CCCC1. The van der Waals surface area contributed by atoms with Crippen LogP contribution in [0.4, 0.5) is 14.9 Å². The van der Waals surface area contributed by atoms with Crippen LogP contribution < -0.4 is 10.6 Å². The molecule has 1 aliphatic rings. The Bertz CT molecular complexity index is 749. The minimum atomic E-state index is -0.410. The first-order valence-corrected chi connectivity index (χ1v) is 8.98. The average Bonchev–Trinajstić information content (AvgIpc) is 3.06. The normalized spacial score (nSPS) is 15.8. The lowest BCUT2D eigenvalue weighted by atomic mass is 9.88. The maximum atomic E-state index is 13.3. The van der Waals surface area contributed by atoms with E-state index in [0.717, 1.165) is 54.5 Å². The number of benzene rings is 2. The van der Waals surface area contributed by atoms with E-state index in [1.54, 1.807) is 12.1 Å². The van der Waals surface area contributed by atoms with Gasteiger partial charge in [0.25, 0.3) is 0 Å². The number of carbonyl (C=O) groups excluding carboxylic acids is 1. The largest absolute Gasteiger partial charge is 0.328 e. The quantitative estimate of drug-likeness (QED) is 0.780. The van der Waals surface area contributed by atoms with Gasteiger partial charge in [-0.2, -0.15) is 0 Å². The first-order valence-electron chi connectivity index (χ1n) is 8.98. The van der Waals surface area contributed by atoms with Crippen LogP contribution in [0.2, 0.25) is 0 Å². The van der Waals surface area contributed by atoms with Gasteiger partial charge in [0.1, 0.15) is 5.82 Å². The fraction of sp³-hybridized carbons (Fsp3) is 0.381. The second-order valence-electron chi connectivity index (χ2n) is 6.84. The Morgan fingerprint density at radius 3 is 2.44 bits per heavy atom. The first-order chi connectivity index (χ1) is 12.0. The summed E-state index contributed by atoms with van der Waals surface area (Å²) in [5, 5.41) is 6.22.